The zero-order chi connectivity index (χ0) is 15.1. The summed E-state index contributed by atoms with van der Waals surface area (Å²) in [4.78, 5) is 0. The maximum absolute atomic E-state index is 9.08. The van der Waals surface area contributed by atoms with Crippen LogP contribution in [0.2, 0.25) is 0 Å². The highest BCUT2D eigenvalue weighted by molar-refractivity contribution is 6.58. The molecule has 2 aromatic rings. The monoisotopic (exact) mass is 284 g/mol. The summed E-state index contributed by atoms with van der Waals surface area (Å²) < 4.78 is 5.68. The van der Waals surface area contributed by atoms with Crippen molar-refractivity contribution in [1.29, 1.82) is 0 Å². The molecule has 0 unspecified atom stereocenters. The first-order chi connectivity index (χ1) is 10.2. The molecule has 0 aliphatic rings. The van der Waals surface area contributed by atoms with E-state index in [1.807, 2.05) is 36.4 Å². The fourth-order valence-corrected chi connectivity index (χ4v) is 2.13. The second kappa shape index (κ2) is 7.86. The van der Waals surface area contributed by atoms with Crippen LogP contribution in [-0.4, -0.2) is 23.8 Å². The van der Waals surface area contributed by atoms with Crippen LogP contribution in [0.15, 0.2) is 48.5 Å². The van der Waals surface area contributed by atoms with Crippen LogP contribution in [-0.2, 0) is 0 Å². The van der Waals surface area contributed by atoms with Gasteiger partial charge >= 0.3 is 7.12 Å². The lowest BCUT2D eigenvalue weighted by molar-refractivity contribution is 0.306. The highest BCUT2D eigenvalue weighted by Gasteiger charge is 2.10. The fraction of sp³-hybridized carbons (Fsp3) is 0.294. The molecule has 0 amide bonds. The second-order valence-corrected chi connectivity index (χ2v) is 5.08. The van der Waals surface area contributed by atoms with Crippen molar-refractivity contribution in [3.8, 4) is 16.9 Å². The highest BCUT2D eigenvalue weighted by Crippen LogP contribution is 2.22. The minimum absolute atomic E-state index is 0.495. The molecule has 3 nitrogen and oxygen atoms in total. The maximum Gasteiger partial charge on any atom is 0.488 e. The quantitative estimate of drug-likeness (QED) is 0.607. The van der Waals surface area contributed by atoms with E-state index in [0.717, 1.165) is 29.9 Å². The Morgan fingerprint density at radius 3 is 1.95 bits per heavy atom. The third-order valence-corrected chi connectivity index (χ3v) is 3.41. The SMILES string of the molecule is CCCCCOc1ccc(-c2ccc(B(O)O)cc2)cc1. The highest BCUT2D eigenvalue weighted by atomic mass is 16.5. The molecule has 0 heterocycles. The molecule has 0 saturated heterocycles. The smallest absolute Gasteiger partial charge is 0.488 e. The average molecular weight is 284 g/mol. The molecule has 2 aromatic carbocycles. The summed E-state index contributed by atoms with van der Waals surface area (Å²) in [6, 6.07) is 15.2. The summed E-state index contributed by atoms with van der Waals surface area (Å²) in [6.07, 6.45) is 3.48. The molecule has 2 N–H and O–H groups in total. The van der Waals surface area contributed by atoms with Crippen LogP contribution in [0.3, 0.4) is 0 Å². The maximum atomic E-state index is 9.08. The van der Waals surface area contributed by atoms with Crippen LogP contribution < -0.4 is 10.2 Å². The molecule has 0 aliphatic heterocycles. The molecule has 0 radical (unpaired) electrons. The predicted molar refractivity (Wildman–Crippen MR) is 86.7 cm³/mol. The topological polar surface area (TPSA) is 49.7 Å². The van der Waals surface area contributed by atoms with Crippen molar-refractivity contribution in [2.75, 3.05) is 6.61 Å². The Bertz CT molecular complexity index is 535. The second-order valence-electron chi connectivity index (χ2n) is 5.08. The lowest BCUT2D eigenvalue weighted by Gasteiger charge is -2.08. The van der Waals surface area contributed by atoms with Gasteiger partial charge < -0.3 is 14.8 Å². The summed E-state index contributed by atoms with van der Waals surface area (Å²) >= 11 is 0. The predicted octanol–water partition coefficient (Wildman–Crippen LogP) is 2.60. The molecule has 0 spiro atoms. The fourth-order valence-electron chi connectivity index (χ4n) is 2.13. The van der Waals surface area contributed by atoms with E-state index in [9.17, 15) is 0 Å². The molecule has 0 fully saturated rings. The van der Waals surface area contributed by atoms with Crippen molar-refractivity contribution in [3.05, 3.63) is 48.5 Å². The molecule has 21 heavy (non-hydrogen) atoms. The van der Waals surface area contributed by atoms with Crippen molar-refractivity contribution in [1.82, 2.24) is 0 Å². The Morgan fingerprint density at radius 1 is 0.857 bits per heavy atom. The van der Waals surface area contributed by atoms with Crippen LogP contribution in [0.1, 0.15) is 26.2 Å². The van der Waals surface area contributed by atoms with Gasteiger partial charge in [0.05, 0.1) is 6.61 Å². The van der Waals surface area contributed by atoms with Gasteiger partial charge in [-0.25, -0.2) is 0 Å². The van der Waals surface area contributed by atoms with Gasteiger partial charge in [-0.05, 0) is 35.1 Å². The van der Waals surface area contributed by atoms with Gasteiger partial charge in [-0.15, -0.1) is 0 Å². The molecule has 0 bridgehead atoms. The first kappa shape index (κ1) is 15.6. The van der Waals surface area contributed by atoms with E-state index in [-0.39, 0.29) is 0 Å². The van der Waals surface area contributed by atoms with E-state index in [4.69, 9.17) is 14.8 Å². The zero-order valence-electron chi connectivity index (χ0n) is 12.3. The zero-order valence-corrected chi connectivity index (χ0v) is 12.3. The Morgan fingerprint density at radius 2 is 1.43 bits per heavy atom. The largest absolute Gasteiger partial charge is 0.494 e. The van der Waals surface area contributed by atoms with E-state index in [1.165, 1.54) is 12.8 Å². The van der Waals surface area contributed by atoms with Crippen molar-refractivity contribution in [2.45, 2.75) is 26.2 Å². The van der Waals surface area contributed by atoms with Crippen LogP contribution in [0, 0.1) is 0 Å². The summed E-state index contributed by atoms with van der Waals surface area (Å²) in [5.74, 6) is 0.886. The minimum Gasteiger partial charge on any atom is -0.494 e. The molecular weight excluding hydrogens is 263 g/mol. The van der Waals surface area contributed by atoms with Gasteiger partial charge in [-0.1, -0.05) is 56.2 Å². The van der Waals surface area contributed by atoms with Gasteiger partial charge in [0.2, 0.25) is 0 Å². The summed E-state index contributed by atoms with van der Waals surface area (Å²) in [5.41, 5.74) is 2.61. The summed E-state index contributed by atoms with van der Waals surface area (Å²) in [5, 5.41) is 18.2. The molecule has 0 aromatic heterocycles. The normalized spacial score (nSPS) is 10.4. The van der Waals surface area contributed by atoms with E-state index >= 15 is 0 Å². The van der Waals surface area contributed by atoms with E-state index in [2.05, 4.69) is 6.92 Å². The molecule has 0 aliphatic carbocycles. The molecule has 0 saturated carbocycles. The van der Waals surface area contributed by atoms with Gasteiger partial charge in [-0.3, -0.25) is 0 Å². The number of rotatable bonds is 7. The Balaban J connectivity index is 1.98. The minimum atomic E-state index is -1.42. The Labute approximate surface area is 126 Å². The van der Waals surface area contributed by atoms with Gasteiger partial charge in [0.25, 0.3) is 0 Å². The standard InChI is InChI=1S/C17H21BO3/c1-2-3-4-13-21-17-11-7-15(8-12-17)14-5-9-16(10-6-14)18(19)20/h5-12,19-20H,2-4,13H2,1H3. The molecular formula is C17H21BO3. The lowest BCUT2D eigenvalue weighted by Crippen LogP contribution is -2.29. The van der Waals surface area contributed by atoms with Gasteiger partial charge in [0.1, 0.15) is 5.75 Å². The van der Waals surface area contributed by atoms with Crippen LogP contribution in [0.4, 0.5) is 0 Å². The number of hydrogen-bond acceptors (Lipinski definition) is 3. The molecule has 110 valence electrons. The van der Waals surface area contributed by atoms with Crippen molar-refractivity contribution in [3.63, 3.8) is 0 Å². The number of ether oxygens (including phenoxy) is 1. The Hall–Kier alpha value is -1.78. The van der Waals surface area contributed by atoms with Crippen LogP contribution in [0.25, 0.3) is 11.1 Å². The third kappa shape index (κ3) is 4.62. The van der Waals surface area contributed by atoms with E-state index in [0.29, 0.717) is 5.46 Å². The molecule has 2 rings (SSSR count). The average Bonchev–Trinajstić information content (AvgIpc) is 2.52. The summed E-state index contributed by atoms with van der Waals surface area (Å²) in [7, 11) is -1.42. The molecule has 4 heteroatoms. The van der Waals surface area contributed by atoms with Crippen molar-refractivity contribution in [2.24, 2.45) is 0 Å². The van der Waals surface area contributed by atoms with Gasteiger partial charge in [-0.2, -0.15) is 0 Å². The van der Waals surface area contributed by atoms with Crippen molar-refractivity contribution >= 4 is 12.6 Å². The van der Waals surface area contributed by atoms with Gasteiger partial charge in [0, 0.05) is 0 Å². The van der Waals surface area contributed by atoms with Crippen LogP contribution in [0.5, 0.6) is 5.75 Å². The number of unbranched alkanes of at least 4 members (excludes halogenated alkanes) is 2. The molecule has 0 atom stereocenters. The first-order valence-electron chi connectivity index (χ1n) is 7.40. The first-order valence-corrected chi connectivity index (χ1v) is 7.40. The van der Waals surface area contributed by atoms with E-state index < -0.39 is 7.12 Å². The van der Waals surface area contributed by atoms with E-state index in [1.54, 1.807) is 12.1 Å². The number of hydrogen-bond donors (Lipinski definition) is 2. The van der Waals surface area contributed by atoms with Crippen LogP contribution >= 0.6 is 0 Å². The summed E-state index contributed by atoms with van der Waals surface area (Å²) in [6.45, 7) is 2.94. The van der Waals surface area contributed by atoms with Crippen molar-refractivity contribution < 1.29 is 14.8 Å². The Kier molecular flexibility index (Phi) is 5.84. The van der Waals surface area contributed by atoms with Gasteiger partial charge in [0.15, 0.2) is 0 Å². The number of benzene rings is 2. The lowest BCUT2D eigenvalue weighted by atomic mass is 9.80. The third-order valence-electron chi connectivity index (χ3n) is 3.41.